The third-order valence-corrected chi connectivity index (χ3v) is 5.23. The van der Waals surface area contributed by atoms with Crippen LogP contribution in [0.3, 0.4) is 0 Å². The average Bonchev–Trinajstić information content (AvgIpc) is 3.05. The zero-order valence-corrected chi connectivity index (χ0v) is 17.9. The fourth-order valence-electron chi connectivity index (χ4n) is 3.83. The molecule has 0 aliphatic carbocycles. The standard InChI is InChI=1S/C26H24N2O4/c1-17(2)32-21-12-10-19(11-13-21)23-22(24(29)20-8-4-3-5-9-20)25(30)26(31)28(23)16-18-7-6-14-27-15-18/h3-15,17,23,29H,16H2,1-2H3/b24-22+/t23-/m0/s1. The van der Waals surface area contributed by atoms with Gasteiger partial charge in [-0.1, -0.05) is 48.5 Å². The van der Waals surface area contributed by atoms with Crippen LogP contribution in [0, 0.1) is 0 Å². The number of hydrogen-bond acceptors (Lipinski definition) is 5. The molecule has 162 valence electrons. The van der Waals surface area contributed by atoms with E-state index in [0.29, 0.717) is 16.9 Å². The van der Waals surface area contributed by atoms with Crippen molar-refractivity contribution < 1.29 is 19.4 Å². The number of ether oxygens (including phenoxy) is 1. The SMILES string of the molecule is CC(C)Oc1ccc([C@H]2/C(=C(\O)c3ccccc3)C(=O)C(=O)N2Cc2cccnc2)cc1. The number of aliphatic hydroxyl groups excluding tert-OH is 1. The van der Waals surface area contributed by atoms with Crippen LogP contribution in [0.1, 0.15) is 36.6 Å². The van der Waals surface area contributed by atoms with Gasteiger partial charge in [0.25, 0.3) is 11.7 Å². The number of ketones is 1. The molecule has 2 heterocycles. The molecule has 2 aromatic carbocycles. The lowest BCUT2D eigenvalue weighted by atomic mass is 9.95. The van der Waals surface area contributed by atoms with Crippen molar-refractivity contribution in [2.75, 3.05) is 0 Å². The summed E-state index contributed by atoms with van der Waals surface area (Å²) in [4.78, 5) is 31.7. The molecular weight excluding hydrogens is 404 g/mol. The van der Waals surface area contributed by atoms with Crippen LogP contribution in [0.4, 0.5) is 0 Å². The second-order valence-corrected chi connectivity index (χ2v) is 7.89. The molecule has 6 heteroatoms. The number of benzene rings is 2. The lowest BCUT2D eigenvalue weighted by molar-refractivity contribution is -0.140. The smallest absolute Gasteiger partial charge is 0.295 e. The zero-order valence-electron chi connectivity index (χ0n) is 17.9. The Kier molecular flexibility index (Phi) is 6.03. The Morgan fingerprint density at radius 2 is 1.75 bits per heavy atom. The van der Waals surface area contributed by atoms with Crippen LogP contribution in [0.2, 0.25) is 0 Å². The van der Waals surface area contributed by atoms with E-state index in [-0.39, 0.29) is 24.0 Å². The van der Waals surface area contributed by atoms with E-state index in [0.717, 1.165) is 5.56 Å². The predicted octanol–water partition coefficient (Wildman–Crippen LogP) is 4.49. The number of amides is 1. The maximum absolute atomic E-state index is 13.1. The number of nitrogens with zero attached hydrogens (tertiary/aromatic N) is 2. The van der Waals surface area contributed by atoms with Crippen molar-refractivity contribution in [3.05, 3.63) is 101 Å². The first kappa shape index (κ1) is 21.3. The molecule has 1 amide bonds. The predicted molar refractivity (Wildman–Crippen MR) is 121 cm³/mol. The molecule has 0 radical (unpaired) electrons. The lowest BCUT2D eigenvalue weighted by Crippen LogP contribution is -2.29. The number of aliphatic hydroxyl groups is 1. The molecule has 0 spiro atoms. The zero-order chi connectivity index (χ0) is 22.7. The molecule has 1 aliphatic heterocycles. The monoisotopic (exact) mass is 428 g/mol. The van der Waals surface area contributed by atoms with Crippen LogP contribution < -0.4 is 4.74 Å². The first-order valence-electron chi connectivity index (χ1n) is 10.4. The Balaban J connectivity index is 1.81. The van der Waals surface area contributed by atoms with E-state index < -0.39 is 17.7 Å². The highest BCUT2D eigenvalue weighted by Crippen LogP contribution is 2.40. The second-order valence-electron chi connectivity index (χ2n) is 7.89. The highest BCUT2D eigenvalue weighted by molar-refractivity contribution is 6.46. The van der Waals surface area contributed by atoms with Crippen LogP contribution in [-0.4, -0.2) is 32.8 Å². The molecular formula is C26H24N2O4. The number of rotatable bonds is 6. The minimum absolute atomic E-state index is 0.0233. The summed E-state index contributed by atoms with van der Waals surface area (Å²) in [6.07, 6.45) is 3.33. The number of aromatic nitrogens is 1. The summed E-state index contributed by atoms with van der Waals surface area (Å²) in [6.45, 7) is 4.08. The molecule has 1 aliphatic rings. The molecule has 0 unspecified atom stereocenters. The van der Waals surface area contributed by atoms with Gasteiger partial charge in [0.15, 0.2) is 0 Å². The topological polar surface area (TPSA) is 79.7 Å². The van der Waals surface area contributed by atoms with E-state index in [9.17, 15) is 14.7 Å². The van der Waals surface area contributed by atoms with E-state index in [2.05, 4.69) is 4.98 Å². The molecule has 0 saturated carbocycles. The summed E-state index contributed by atoms with van der Waals surface area (Å²) in [5, 5.41) is 11.0. The van der Waals surface area contributed by atoms with Crippen molar-refractivity contribution in [3.8, 4) is 5.75 Å². The number of pyridine rings is 1. The van der Waals surface area contributed by atoms with Crippen molar-refractivity contribution in [1.29, 1.82) is 0 Å². The van der Waals surface area contributed by atoms with Gasteiger partial charge in [0.05, 0.1) is 17.7 Å². The highest BCUT2D eigenvalue weighted by Gasteiger charge is 2.46. The Morgan fingerprint density at radius 3 is 2.38 bits per heavy atom. The first-order chi connectivity index (χ1) is 15.5. The Labute approximate surface area is 186 Å². The van der Waals surface area contributed by atoms with Crippen molar-refractivity contribution in [3.63, 3.8) is 0 Å². The van der Waals surface area contributed by atoms with E-state index in [1.807, 2.05) is 50.2 Å². The third kappa shape index (κ3) is 4.25. The van der Waals surface area contributed by atoms with Gasteiger partial charge in [-0.15, -0.1) is 0 Å². The summed E-state index contributed by atoms with van der Waals surface area (Å²) in [6, 6.07) is 18.9. The van der Waals surface area contributed by atoms with Crippen molar-refractivity contribution >= 4 is 17.4 Å². The largest absolute Gasteiger partial charge is 0.507 e. The van der Waals surface area contributed by atoms with Crippen LogP contribution >= 0.6 is 0 Å². The molecule has 1 fully saturated rings. The number of Topliss-reactive ketones (excluding diaryl/α,β-unsaturated/α-hetero) is 1. The van der Waals surface area contributed by atoms with Crippen molar-refractivity contribution in [1.82, 2.24) is 9.88 Å². The van der Waals surface area contributed by atoms with E-state index in [1.54, 1.807) is 42.7 Å². The average molecular weight is 428 g/mol. The molecule has 1 atom stereocenters. The summed E-state index contributed by atoms with van der Waals surface area (Å²) in [7, 11) is 0. The maximum atomic E-state index is 13.1. The molecule has 1 saturated heterocycles. The van der Waals surface area contributed by atoms with E-state index in [4.69, 9.17) is 4.74 Å². The fourth-order valence-corrected chi connectivity index (χ4v) is 3.83. The summed E-state index contributed by atoms with van der Waals surface area (Å²) >= 11 is 0. The highest BCUT2D eigenvalue weighted by atomic mass is 16.5. The van der Waals surface area contributed by atoms with Gasteiger partial charge in [-0.05, 0) is 43.2 Å². The number of carbonyl (C=O) groups excluding carboxylic acids is 2. The Hall–Kier alpha value is -3.93. The van der Waals surface area contributed by atoms with E-state index >= 15 is 0 Å². The summed E-state index contributed by atoms with van der Waals surface area (Å²) < 4.78 is 5.72. The van der Waals surface area contributed by atoms with Crippen LogP contribution in [0.25, 0.3) is 5.76 Å². The first-order valence-corrected chi connectivity index (χ1v) is 10.4. The summed E-state index contributed by atoms with van der Waals surface area (Å²) in [5.41, 5.74) is 2.06. The molecule has 4 rings (SSSR count). The van der Waals surface area contributed by atoms with Gasteiger partial charge in [-0.3, -0.25) is 14.6 Å². The molecule has 3 aromatic rings. The van der Waals surface area contributed by atoms with Gasteiger partial charge in [-0.2, -0.15) is 0 Å². The van der Waals surface area contributed by atoms with Gasteiger partial charge in [0, 0.05) is 24.5 Å². The van der Waals surface area contributed by atoms with Gasteiger partial charge in [0.1, 0.15) is 11.5 Å². The molecule has 32 heavy (non-hydrogen) atoms. The van der Waals surface area contributed by atoms with Gasteiger partial charge >= 0.3 is 0 Å². The molecule has 1 aromatic heterocycles. The van der Waals surface area contributed by atoms with Crippen LogP contribution in [-0.2, 0) is 16.1 Å². The van der Waals surface area contributed by atoms with Gasteiger partial charge in [0.2, 0.25) is 0 Å². The van der Waals surface area contributed by atoms with Crippen molar-refractivity contribution in [2.24, 2.45) is 0 Å². The van der Waals surface area contributed by atoms with Crippen LogP contribution in [0.15, 0.2) is 84.7 Å². The van der Waals surface area contributed by atoms with Gasteiger partial charge < -0.3 is 14.7 Å². The summed E-state index contributed by atoms with van der Waals surface area (Å²) in [5.74, 6) is -0.859. The molecule has 0 bridgehead atoms. The maximum Gasteiger partial charge on any atom is 0.295 e. The minimum Gasteiger partial charge on any atom is -0.507 e. The van der Waals surface area contributed by atoms with E-state index in [1.165, 1.54) is 4.90 Å². The van der Waals surface area contributed by atoms with Crippen LogP contribution in [0.5, 0.6) is 5.75 Å². The van der Waals surface area contributed by atoms with Gasteiger partial charge in [-0.25, -0.2) is 0 Å². The third-order valence-electron chi connectivity index (χ3n) is 5.23. The number of carbonyl (C=O) groups is 2. The quantitative estimate of drug-likeness (QED) is 0.355. The van der Waals surface area contributed by atoms with Crippen molar-refractivity contribution in [2.45, 2.75) is 32.5 Å². The molecule has 1 N–H and O–H groups in total. The normalized spacial score (nSPS) is 17.7. The number of hydrogen-bond donors (Lipinski definition) is 1. The Bertz CT molecular complexity index is 1140. The number of likely N-dealkylation sites (tertiary alicyclic amines) is 1. The minimum atomic E-state index is -0.733. The Morgan fingerprint density at radius 1 is 1.03 bits per heavy atom. The lowest BCUT2D eigenvalue weighted by Gasteiger charge is -2.25. The second kappa shape index (κ2) is 9.06. The fraction of sp³-hybridized carbons (Fsp3) is 0.192. The molecule has 6 nitrogen and oxygen atoms in total.